The Morgan fingerprint density at radius 3 is 2.18 bits per heavy atom. The van der Waals surface area contributed by atoms with Crippen molar-refractivity contribution >= 4 is 15.7 Å². The lowest BCUT2D eigenvalue weighted by atomic mass is 10.0. The number of carbonyl (C=O) groups is 1. The number of amides is 1. The zero-order chi connectivity index (χ0) is 23.0. The SMILES string of the molecule is O=C(c1cccc(Oc2ccc(F)cc2)c1)N1C2CCC1CC(S(=O)(=O)c1ccccc1)C2. The van der Waals surface area contributed by atoms with Gasteiger partial charge in [-0.1, -0.05) is 24.3 Å². The van der Waals surface area contributed by atoms with Gasteiger partial charge in [-0.3, -0.25) is 4.79 Å². The summed E-state index contributed by atoms with van der Waals surface area (Å²) in [5.74, 6) is 0.511. The lowest BCUT2D eigenvalue weighted by molar-refractivity contribution is 0.0598. The molecular formula is C26H24FNO4S. The van der Waals surface area contributed by atoms with E-state index in [0.717, 1.165) is 12.8 Å². The van der Waals surface area contributed by atoms with Crippen LogP contribution in [0, 0.1) is 5.82 Å². The van der Waals surface area contributed by atoms with E-state index in [-0.39, 0.29) is 23.8 Å². The molecule has 2 fully saturated rings. The van der Waals surface area contributed by atoms with Crippen LogP contribution in [0.15, 0.2) is 83.8 Å². The van der Waals surface area contributed by atoms with Gasteiger partial charge in [-0.15, -0.1) is 0 Å². The Balaban J connectivity index is 1.33. The van der Waals surface area contributed by atoms with Crippen LogP contribution < -0.4 is 4.74 Å². The van der Waals surface area contributed by atoms with E-state index in [1.807, 2.05) is 4.90 Å². The van der Waals surface area contributed by atoms with Gasteiger partial charge in [-0.05, 0) is 80.3 Å². The molecule has 33 heavy (non-hydrogen) atoms. The van der Waals surface area contributed by atoms with E-state index in [1.165, 1.54) is 24.3 Å². The fraction of sp³-hybridized carbons (Fsp3) is 0.269. The van der Waals surface area contributed by atoms with Crippen LogP contribution in [0.2, 0.25) is 0 Å². The summed E-state index contributed by atoms with van der Waals surface area (Å²) in [6.45, 7) is 0. The van der Waals surface area contributed by atoms with Gasteiger partial charge in [0.1, 0.15) is 17.3 Å². The van der Waals surface area contributed by atoms with E-state index in [2.05, 4.69) is 0 Å². The minimum atomic E-state index is -3.43. The highest BCUT2D eigenvalue weighted by Crippen LogP contribution is 2.40. The lowest BCUT2D eigenvalue weighted by Gasteiger charge is -2.38. The lowest BCUT2D eigenvalue weighted by Crippen LogP contribution is -2.49. The van der Waals surface area contributed by atoms with Gasteiger partial charge in [0.15, 0.2) is 9.84 Å². The zero-order valence-corrected chi connectivity index (χ0v) is 18.7. The van der Waals surface area contributed by atoms with Crippen molar-refractivity contribution in [3.63, 3.8) is 0 Å². The molecule has 2 unspecified atom stereocenters. The maximum atomic E-state index is 13.4. The quantitative estimate of drug-likeness (QED) is 0.518. The monoisotopic (exact) mass is 465 g/mol. The van der Waals surface area contributed by atoms with Crippen molar-refractivity contribution in [2.24, 2.45) is 0 Å². The van der Waals surface area contributed by atoms with Gasteiger partial charge < -0.3 is 9.64 Å². The first kappa shape index (κ1) is 21.6. The molecule has 2 heterocycles. The van der Waals surface area contributed by atoms with E-state index < -0.39 is 15.1 Å². The fourth-order valence-electron chi connectivity index (χ4n) is 5.00. The van der Waals surface area contributed by atoms with Crippen LogP contribution in [-0.2, 0) is 9.84 Å². The summed E-state index contributed by atoms with van der Waals surface area (Å²) >= 11 is 0. The van der Waals surface area contributed by atoms with Crippen LogP contribution in [0.25, 0.3) is 0 Å². The molecule has 1 amide bonds. The van der Waals surface area contributed by atoms with Crippen molar-refractivity contribution in [3.8, 4) is 11.5 Å². The van der Waals surface area contributed by atoms with Gasteiger partial charge in [-0.25, -0.2) is 12.8 Å². The number of hydrogen-bond acceptors (Lipinski definition) is 4. The summed E-state index contributed by atoms with van der Waals surface area (Å²) < 4.78 is 45.2. The van der Waals surface area contributed by atoms with E-state index in [4.69, 9.17) is 4.74 Å². The number of ether oxygens (including phenoxy) is 1. The van der Waals surface area contributed by atoms with E-state index in [0.29, 0.717) is 34.8 Å². The van der Waals surface area contributed by atoms with Gasteiger partial charge in [0, 0.05) is 17.6 Å². The first-order valence-corrected chi connectivity index (χ1v) is 12.6. The molecule has 2 aliphatic heterocycles. The Bertz CT molecular complexity index is 1250. The van der Waals surface area contributed by atoms with Crippen LogP contribution in [0.5, 0.6) is 11.5 Å². The van der Waals surface area contributed by atoms with Crippen LogP contribution in [0.1, 0.15) is 36.0 Å². The maximum absolute atomic E-state index is 13.4. The average Bonchev–Trinajstić information content (AvgIpc) is 3.09. The van der Waals surface area contributed by atoms with Crippen LogP contribution in [0.4, 0.5) is 4.39 Å². The highest BCUT2D eigenvalue weighted by molar-refractivity contribution is 7.92. The molecule has 3 aromatic carbocycles. The summed E-state index contributed by atoms with van der Waals surface area (Å²) in [4.78, 5) is 15.6. The molecule has 0 aromatic heterocycles. The van der Waals surface area contributed by atoms with Crippen LogP contribution >= 0.6 is 0 Å². The predicted molar refractivity (Wildman–Crippen MR) is 123 cm³/mol. The van der Waals surface area contributed by atoms with E-state index in [9.17, 15) is 17.6 Å². The van der Waals surface area contributed by atoms with Crippen molar-refractivity contribution < 1.29 is 22.3 Å². The largest absolute Gasteiger partial charge is 0.457 e. The van der Waals surface area contributed by atoms with Crippen molar-refractivity contribution in [3.05, 3.63) is 90.2 Å². The summed E-state index contributed by atoms with van der Waals surface area (Å²) in [5, 5.41) is -0.477. The number of piperidine rings is 1. The Morgan fingerprint density at radius 2 is 1.52 bits per heavy atom. The number of nitrogens with zero attached hydrogens (tertiary/aromatic N) is 1. The molecule has 0 N–H and O–H groups in total. The molecule has 2 bridgehead atoms. The van der Waals surface area contributed by atoms with Gasteiger partial charge in [0.2, 0.25) is 0 Å². The van der Waals surface area contributed by atoms with Crippen molar-refractivity contribution in [2.45, 2.75) is 47.9 Å². The highest BCUT2D eigenvalue weighted by atomic mass is 32.2. The Hall–Kier alpha value is -3.19. The molecule has 2 atom stereocenters. The minimum Gasteiger partial charge on any atom is -0.457 e. The molecule has 2 aliphatic rings. The molecular weight excluding hydrogens is 441 g/mol. The molecule has 0 radical (unpaired) electrons. The third-order valence-electron chi connectivity index (χ3n) is 6.57. The molecule has 5 nitrogen and oxygen atoms in total. The molecule has 0 aliphatic carbocycles. The second-order valence-electron chi connectivity index (χ2n) is 8.63. The Labute approximate surface area is 192 Å². The number of sulfone groups is 1. The second-order valence-corrected chi connectivity index (χ2v) is 10.9. The predicted octanol–water partition coefficient (Wildman–Crippen LogP) is 5.23. The normalized spacial score (nSPS) is 22.2. The summed E-state index contributed by atoms with van der Waals surface area (Å²) in [6.07, 6.45) is 2.52. The molecule has 2 saturated heterocycles. The summed E-state index contributed by atoms with van der Waals surface area (Å²) in [5.41, 5.74) is 0.496. The first-order valence-electron chi connectivity index (χ1n) is 11.1. The van der Waals surface area contributed by atoms with Crippen molar-refractivity contribution in [2.75, 3.05) is 0 Å². The Kier molecular flexibility index (Phi) is 5.66. The van der Waals surface area contributed by atoms with Gasteiger partial charge in [0.25, 0.3) is 5.91 Å². The average molecular weight is 466 g/mol. The minimum absolute atomic E-state index is 0.0959. The molecule has 7 heteroatoms. The summed E-state index contributed by atoms with van der Waals surface area (Å²) in [6, 6.07) is 21.0. The Morgan fingerprint density at radius 1 is 0.848 bits per heavy atom. The zero-order valence-electron chi connectivity index (χ0n) is 17.9. The van der Waals surface area contributed by atoms with E-state index in [1.54, 1.807) is 54.6 Å². The summed E-state index contributed by atoms with van der Waals surface area (Å²) in [7, 11) is -3.43. The molecule has 170 valence electrons. The molecule has 0 saturated carbocycles. The number of benzene rings is 3. The van der Waals surface area contributed by atoms with Gasteiger partial charge in [0.05, 0.1) is 10.1 Å². The van der Waals surface area contributed by atoms with Crippen molar-refractivity contribution in [1.29, 1.82) is 0 Å². The molecule has 0 spiro atoms. The smallest absolute Gasteiger partial charge is 0.254 e. The molecule has 5 rings (SSSR count). The number of fused-ring (bicyclic) bond motifs is 2. The van der Waals surface area contributed by atoms with Gasteiger partial charge in [-0.2, -0.15) is 0 Å². The van der Waals surface area contributed by atoms with Crippen LogP contribution in [-0.4, -0.2) is 36.6 Å². The number of carbonyl (C=O) groups excluding carboxylic acids is 1. The third kappa shape index (κ3) is 4.25. The number of halogens is 1. The highest BCUT2D eigenvalue weighted by Gasteiger charge is 2.47. The maximum Gasteiger partial charge on any atom is 0.254 e. The topological polar surface area (TPSA) is 63.7 Å². The van der Waals surface area contributed by atoms with Crippen molar-refractivity contribution in [1.82, 2.24) is 4.90 Å². The fourth-order valence-corrected chi connectivity index (χ4v) is 6.87. The van der Waals surface area contributed by atoms with Crippen LogP contribution in [0.3, 0.4) is 0 Å². The second kappa shape index (κ2) is 8.63. The standard InChI is InChI=1S/C26H24FNO4S/c27-19-9-13-22(14-10-19)32-23-6-4-5-18(15-23)26(29)28-20-11-12-21(28)17-25(16-20)33(30,31)24-7-2-1-3-8-24/h1-10,13-15,20-21,25H,11-12,16-17H2. The van der Waals surface area contributed by atoms with E-state index >= 15 is 0 Å². The number of hydrogen-bond donors (Lipinski definition) is 0. The third-order valence-corrected chi connectivity index (χ3v) is 8.76. The van der Waals surface area contributed by atoms with Gasteiger partial charge >= 0.3 is 0 Å². The first-order chi connectivity index (χ1) is 15.9. The molecule has 3 aromatic rings. The number of rotatable bonds is 5.